The van der Waals surface area contributed by atoms with Crippen LogP contribution < -0.4 is 4.74 Å². The fourth-order valence-corrected chi connectivity index (χ4v) is 5.59. The van der Waals surface area contributed by atoms with Crippen LogP contribution in [-0.4, -0.2) is 30.1 Å². The number of aromatic nitrogens is 1. The lowest BCUT2D eigenvalue weighted by atomic mass is 10.0. The minimum absolute atomic E-state index is 0.142. The van der Waals surface area contributed by atoms with Crippen LogP contribution in [0.1, 0.15) is 30.7 Å². The molecule has 0 saturated carbocycles. The maximum atomic E-state index is 13.6. The van der Waals surface area contributed by atoms with Gasteiger partial charge in [0.15, 0.2) is 0 Å². The lowest BCUT2D eigenvalue weighted by Gasteiger charge is -2.24. The first-order chi connectivity index (χ1) is 16.0. The molecule has 1 aliphatic heterocycles. The molecule has 0 N–H and O–H groups in total. The van der Waals surface area contributed by atoms with Gasteiger partial charge < -0.3 is 9.15 Å². The van der Waals surface area contributed by atoms with Crippen molar-refractivity contribution in [2.45, 2.75) is 24.3 Å². The molecule has 0 bridgehead atoms. The molecule has 5 rings (SSSR count). The van der Waals surface area contributed by atoms with Crippen LogP contribution in [-0.2, 0) is 10.0 Å². The van der Waals surface area contributed by atoms with Crippen molar-refractivity contribution in [1.29, 1.82) is 0 Å². The third-order valence-electron chi connectivity index (χ3n) is 5.40. The molecular weight excluding hydrogens is 462 g/mol. The summed E-state index contributed by atoms with van der Waals surface area (Å²) in [5, 5.41) is 5.48. The molecule has 0 spiro atoms. The van der Waals surface area contributed by atoms with Gasteiger partial charge in [-0.2, -0.15) is 17.9 Å². The van der Waals surface area contributed by atoms with Crippen molar-refractivity contribution in [3.63, 3.8) is 0 Å². The molecule has 1 aliphatic rings. The standard InChI is InChI=1S/C24H20ClN3O4S/c1-2-31-17-10-11-20-16(13-17)14-19(24(25)26-20)22-15-21(23-9-6-12-32-23)27-28(22)33(29,30)18-7-4-3-5-8-18/h3-14,22H,2,15H2,1H3/t22-/m0/s1. The van der Waals surface area contributed by atoms with Crippen molar-refractivity contribution >= 4 is 38.2 Å². The second-order valence-corrected chi connectivity index (χ2v) is 9.64. The Kier molecular flexibility index (Phi) is 5.55. The molecule has 168 valence electrons. The van der Waals surface area contributed by atoms with Gasteiger partial charge in [0.1, 0.15) is 22.4 Å². The van der Waals surface area contributed by atoms with Crippen molar-refractivity contribution < 1.29 is 17.6 Å². The van der Waals surface area contributed by atoms with Gasteiger partial charge >= 0.3 is 0 Å². The fourth-order valence-electron chi connectivity index (χ4n) is 3.87. The molecule has 2 aromatic carbocycles. The number of sulfonamides is 1. The molecule has 0 aliphatic carbocycles. The molecule has 2 aromatic heterocycles. The second-order valence-electron chi connectivity index (χ2n) is 7.49. The van der Waals surface area contributed by atoms with Gasteiger partial charge in [0.2, 0.25) is 0 Å². The first-order valence-corrected chi connectivity index (χ1v) is 12.2. The molecule has 3 heterocycles. The number of hydrogen-bond acceptors (Lipinski definition) is 6. The first-order valence-electron chi connectivity index (χ1n) is 10.4. The van der Waals surface area contributed by atoms with Crippen LogP contribution in [0.4, 0.5) is 0 Å². The predicted octanol–water partition coefficient (Wildman–Crippen LogP) is 5.42. The Hall–Kier alpha value is -3.36. The lowest BCUT2D eigenvalue weighted by molar-refractivity contribution is 0.340. The maximum Gasteiger partial charge on any atom is 0.279 e. The Bertz CT molecular complexity index is 1440. The van der Waals surface area contributed by atoms with E-state index in [2.05, 4.69) is 10.1 Å². The number of benzene rings is 2. The van der Waals surface area contributed by atoms with Gasteiger partial charge in [0.05, 0.1) is 29.3 Å². The van der Waals surface area contributed by atoms with Gasteiger partial charge in [-0.25, -0.2) is 4.98 Å². The number of halogens is 1. The summed E-state index contributed by atoms with van der Waals surface area (Å²) >= 11 is 6.58. The van der Waals surface area contributed by atoms with E-state index in [9.17, 15) is 8.42 Å². The summed E-state index contributed by atoms with van der Waals surface area (Å²) in [6, 6.07) is 18.4. The highest BCUT2D eigenvalue weighted by Crippen LogP contribution is 2.40. The number of rotatable bonds is 6. The van der Waals surface area contributed by atoms with Gasteiger partial charge in [-0.05, 0) is 55.5 Å². The largest absolute Gasteiger partial charge is 0.494 e. The van der Waals surface area contributed by atoms with E-state index in [0.717, 1.165) is 9.80 Å². The Morgan fingerprint density at radius 1 is 1.12 bits per heavy atom. The summed E-state index contributed by atoms with van der Waals surface area (Å²) < 4.78 is 39.3. The van der Waals surface area contributed by atoms with Crippen molar-refractivity contribution in [2.75, 3.05) is 6.61 Å². The van der Waals surface area contributed by atoms with E-state index in [1.54, 1.807) is 42.5 Å². The Labute approximate surface area is 196 Å². The highest BCUT2D eigenvalue weighted by Gasteiger charge is 2.39. The smallest absolute Gasteiger partial charge is 0.279 e. The van der Waals surface area contributed by atoms with Crippen molar-refractivity contribution in [3.8, 4) is 5.75 Å². The molecule has 0 saturated heterocycles. The summed E-state index contributed by atoms with van der Waals surface area (Å²) in [7, 11) is -3.95. The molecule has 0 unspecified atom stereocenters. The normalized spacial score (nSPS) is 16.2. The number of fused-ring (bicyclic) bond motifs is 1. The monoisotopic (exact) mass is 481 g/mol. The maximum absolute atomic E-state index is 13.6. The van der Waals surface area contributed by atoms with Gasteiger partial charge in [0.25, 0.3) is 10.0 Å². The molecule has 0 radical (unpaired) electrons. The molecule has 0 amide bonds. The van der Waals surface area contributed by atoms with E-state index in [1.807, 2.05) is 31.2 Å². The first kappa shape index (κ1) is 21.5. The quantitative estimate of drug-likeness (QED) is 0.343. The summed E-state index contributed by atoms with van der Waals surface area (Å²) in [4.78, 5) is 4.65. The van der Waals surface area contributed by atoms with Crippen LogP contribution in [0.2, 0.25) is 5.15 Å². The lowest BCUT2D eigenvalue weighted by Crippen LogP contribution is -2.27. The highest BCUT2D eigenvalue weighted by molar-refractivity contribution is 7.89. The summed E-state index contributed by atoms with van der Waals surface area (Å²) in [5.41, 5.74) is 1.77. The topological polar surface area (TPSA) is 85.0 Å². The SMILES string of the molecule is CCOc1ccc2nc(Cl)c([C@@H]3CC(c4ccco4)=NN3S(=O)(=O)c3ccccc3)cc2c1. The van der Waals surface area contributed by atoms with Crippen LogP contribution in [0.5, 0.6) is 5.75 Å². The molecule has 33 heavy (non-hydrogen) atoms. The van der Waals surface area contributed by atoms with Crippen LogP contribution >= 0.6 is 11.6 Å². The van der Waals surface area contributed by atoms with E-state index < -0.39 is 16.1 Å². The third kappa shape index (κ3) is 3.96. The number of furan rings is 1. The summed E-state index contributed by atoms with van der Waals surface area (Å²) in [5.74, 6) is 1.21. The van der Waals surface area contributed by atoms with Crippen molar-refractivity contribution in [3.05, 3.63) is 89.5 Å². The average molecular weight is 482 g/mol. The van der Waals surface area contributed by atoms with Crippen LogP contribution in [0.15, 0.2) is 87.4 Å². The highest BCUT2D eigenvalue weighted by atomic mass is 35.5. The van der Waals surface area contributed by atoms with E-state index in [0.29, 0.717) is 34.9 Å². The number of pyridine rings is 1. The average Bonchev–Trinajstić information content (AvgIpc) is 3.50. The second kappa shape index (κ2) is 8.53. The predicted molar refractivity (Wildman–Crippen MR) is 126 cm³/mol. The zero-order chi connectivity index (χ0) is 23.0. The van der Waals surface area contributed by atoms with Gasteiger partial charge in [-0.1, -0.05) is 29.8 Å². The fraction of sp³-hybridized carbons (Fsp3) is 0.167. The Balaban J connectivity index is 1.64. The van der Waals surface area contributed by atoms with E-state index in [4.69, 9.17) is 20.8 Å². The molecule has 1 atom stereocenters. The number of nitrogens with zero attached hydrogens (tertiary/aromatic N) is 3. The molecule has 4 aromatic rings. The minimum Gasteiger partial charge on any atom is -0.494 e. The van der Waals surface area contributed by atoms with Gasteiger partial charge in [-0.15, -0.1) is 0 Å². The number of ether oxygens (including phenoxy) is 1. The molecule has 7 nitrogen and oxygen atoms in total. The zero-order valence-corrected chi connectivity index (χ0v) is 19.3. The van der Waals surface area contributed by atoms with Gasteiger partial charge in [-0.3, -0.25) is 0 Å². The number of hydrazone groups is 1. The van der Waals surface area contributed by atoms with Crippen LogP contribution in [0.25, 0.3) is 10.9 Å². The third-order valence-corrected chi connectivity index (χ3v) is 7.40. The van der Waals surface area contributed by atoms with Crippen LogP contribution in [0, 0.1) is 0 Å². The van der Waals surface area contributed by atoms with E-state index in [1.165, 1.54) is 6.26 Å². The molecule has 0 fully saturated rings. The minimum atomic E-state index is -3.95. The van der Waals surface area contributed by atoms with Crippen molar-refractivity contribution in [2.24, 2.45) is 5.10 Å². The summed E-state index contributed by atoms with van der Waals surface area (Å²) in [6.45, 7) is 2.44. The van der Waals surface area contributed by atoms with E-state index >= 15 is 0 Å². The molecule has 9 heteroatoms. The number of hydrogen-bond donors (Lipinski definition) is 0. The zero-order valence-electron chi connectivity index (χ0n) is 17.7. The Morgan fingerprint density at radius 3 is 2.67 bits per heavy atom. The Morgan fingerprint density at radius 2 is 1.94 bits per heavy atom. The molecular formula is C24H20ClN3O4S. The van der Waals surface area contributed by atoms with E-state index in [-0.39, 0.29) is 16.5 Å². The van der Waals surface area contributed by atoms with Gasteiger partial charge in [0, 0.05) is 17.4 Å². The van der Waals surface area contributed by atoms with Crippen LogP contribution in [0.3, 0.4) is 0 Å². The summed E-state index contributed by atoms with van der Waals surface area (Å²) in [6.07, 6.45) is 1.82. The van der Waals surface area contributed by atoms with Crippen molar-refractivity contribution in [1.82, 2.24) is 9.40 Å².